The fraction of sp³-hybridized carbons (Fsp3) is 0.0625. The molecule has 0 aliphatic carbocycles. The second-order valence-electron chi connectivity index (χ2n) is 4.52. The van der Waals surface area contributed by atoms with Crippen LogP contribution in [0.2, 0.25) is 0 Å². The molecule has 4 nitrogen and oxygen atoms in total. The number of nitriles is 1. The standard InChI is InChI=1S/C16H13NO3S/c1-12-5-7-15(8-6-12)21(19,20)10-9-13-3-2-4-14(11-17)16(13)18/h2-10,18H,1H3/b10-9+. The van der Waals surface area contributed by atoms with Gasteiger partial charge in [-0.3, -0.25) is 0 Å². The number of rotatable bonds is 3. The van der Waals surface area contributed by atoms with E-state index < -0.39 is 9.84 Å². The van der Waals surface area contributed by atoms with Crippen LogP contribution < -0.4 is 0 Å². The zero-order valence-electron chi connectivity index (χ0n) is 11.3. The molecular formula is C16H13NO3S. The van der Waals surface area contributed by atoms with Gasteiger partial charge in [0, 0.05) is 11.0 Å². The molecule has 0 aliphatic heterocycles. The van der Waals surface area contributed by atoms with Crippen LogP contribution in [0.5, 0.6) is 5.75 Å². The highest BCUT2D eigenvalue weighted by Gasteiger charge is 2.10. The first-order chi connectivity index (χ1) is 9.94. The molecular weight excluding hydrogens is 286 g/mol. The minimum absolute atomic E-state index is 0.102. The van der Waals surface area contributed by atoms with Crippen molar-refractivity contribution in [3.05, 3.63) is 64.6 Å². The second kappa shape index (κ2) is 5.81. The number of sulfone groups is 1. The van der Waals surface area contributed by atoms with Gasteiger partial charge in [-0.05, 0) is 31.2 Å². The van der Waals surface area contributed by atoms with E-state index in [2.05, 4.69) is 0 Å². The van der Waals surface area contributed by atoms with E-state index in [1.165, 1.54) is 30.3 Å². The lowest BCUT2D eigenvalue weighted by molar-refractivity contribution is 0.472. The number of para-hydroxylation sites is 1. The molecule has 106 valence electrons. The van der Waals surface area contributed by atoms with E-state index in [1.807, 2.05) is 13.0 Å². The van der Waals surface area contributed by atoms with Gasteiger partial charge in [0.15, 0.2) is 9.84 Å². The van der Waals surface area contributed by atoms with Gasteiger partial charge in [0.1, 0.15) is 11.8 Å². The predicted molar refractivity (Wildman–Crippen MR) is 80.2 cm³/mol. The summed E-state index contributed by atoms with van der Waals surface area (Å²) in [6, 6.07) is 12.9. The van der Waals surface area contributed by atoms with Crippen molar-refractivity contribution in [3.8, 4) is 11.8 Å². The van der Waals surface area contributed by atoms with Crippen molar-refractivity contribution in [3.63, 3.8) is 0 Å². The van der Waals surface area contributed by atoms with Gasteiger partial charge in [-0.2, -0.15) is 5.26 Å². The van der Waals surface area contributed by atoms with Crippen molar-refractivity contribution in [2.45, 2.75) is 11.8 Å². The van der Waals surface area contributed by atoms with Gasteiger partial charge in [-0.25, -0.2) is 8.42 Å². The molecule has 0 unspecified atom stereocenters. The van der Waals surface area contributed by atoms with Crippen LogP contribution in [0.3, 0.4) is 0 Å². The van der Waals surface area contributed by atoms with Crippen molar-refractivity contribution in [1.29, 1.82) is 5.26 Å². The number of hydrogen-bond acceptors (Lipinski definition) is 4. The molecule has 2 rings (SSSR count). The molecule has 0 aromatic heterocycles. The van der Waals surface area contributed by atoms with Crippen LogP contribution in [0.4, 0.5) is 0 Å². The average molecular weight is 299 g/mol. The molecule has 0 saturated heterocycles. The first-order valence-electron chi connectivity index (χ1n) is 6.16. The average Bonchev–Trinajstić information content (AvgIpc) is 2.47. The summed E-state index contributed by atoms with van der Waals surface area (Å²) in [6.45, 7) is 1.87. The Bertz CT molecular complexity index is 829. The van der Waals surface area contributed by atoms with Crippen molar-refractivity contribution in [1.82, 2.24) is 0 Å². The summed E-state index contributed by atoms with van der Waals surface area (Å²) in [5, 5.41) is 19.7. The van der Waals surface area contributed by atoms with Gasteiger partial charge in [-0.15, -0.1) is 0 Å². The van der Waals surface area contributed by atoms with Crippen molar-refractivity contribution >= 4 is 15.9 Å². The summed E-state index contributed by atoms with van der Waals surface area (Å²) >= 11 is 0. The topological polar surface area (TPSA) is 78.2 Å². The number of benzene rings is 2. The summed E-state index contributed by atoms with van der Waals surface area (Å²) in [5.74, 6) is -0.227. The molecule has 0 aliphatic rings. The lowest BCUT2D eigenvalue weighted by atomic mass is 10.1. The summed E-state index contributed by atoms with van der Waals surface area (Å²) in [6.07, 6.45) is 1.28. The summed E-state index contributed by atoms with van der Waals surface area (Å²) in [7, 11) is -3.59. The number of hydrogen-bond donors (Lipinski definition) is 1. The third-order valence-electron chi connectivity index (χ3n) is 2.96. The van der Waals surface area contributed by atoms with E-state index in [0.29, 0.717) is 0 Å². The van der Waals surface area contributed by atoms with Gasteiger partial charge in [0.05, 0.1) is 10.5 Å². The van der Waals surface area contributed by atoms with Crippen molar-refractivity contribution < 1.29 is 13.5 Å². The quantitative estimate of drug-likeness (QED) is 0.945. The zero-order valence-corrected chi connectivity index (χ0v) is 12.1. The van der Waals surface area contributed by atoms with Crippen LogP contribution in [-0.4, -0.2) is 13.5 Å². The Morgan fingerprint density at radius 2 is 1.81 bits per heavy atom. The van der Waals surface area contributed by atoms with Gasteiger partial charge < -0.3 is 5.11 Å². The summed E-state index contributed by atoms with van der Waals surface area (Å²) < 4.78 is 24.3. The molecule has 21 heavy (non-hydrogen) atoms. The fourth-order valence-electron chi connectivity index (χ4n) is 1.76. The maximum Gasteiger partial charge on any atom is 0.199 e. The van der Waals surface area contributed by atoms with Crippen LogP contribution in [0.25, 0.3) is 6.08 Å². The monoisotopic (exact) mass is 299 g/mol. The number of nitrogens with zero attached hydrogens (tertiary/aromatic N) is 1. The molecule has 0 spiro atoms. The second-order valence-corrected chi connectivity index (χ2v) is 6.35. The Morgan fingerprint density at radius 1 is 1.14 bits per heavy atom. The highest BCUT2D eigenvalue weighted by atomic mass is 32.2. The predicted octanol–water partition coefficient (Wildman–Crippen LogP) is 3.02. The molecule has 0 radical (unpaired) electrons. The van der Waals surface area contributed by atoms with E-state index >= 15 is 0 Å². The molecule has 0 amide bonds. The lowest BCUT2D eigenvalue weighted by Crippen LogP contribution is -1.96. The first-order valence-corrected chi connectivity index (χ1v) is 7.70. The number of phenolic OH excluding ortho intramolecular Hbond substituents is 1. The van der Waals surface area contributed by atoms with E-state index in [0.717, 1.165) is 11.0 Å². The summed E-state index contributed by atoms with van der Waals surface area (Å²) in [4.78, 5) is 0.181. The van der Waals surface area contributed by atoms with Gasteiger partial charge in [0.25, 0.3) is 0 Å². The largest absolute Gasteiger partial charge is 0.506 e. The van der Waals surface area contributed by atoms with Gasteiger partial charge >= 0.3 is 0 Å². The van der Waals surface area contributed by atoms with Crippen LogP contribution in [0.15, 0.2) is 52.8 Å². The van der Waals surface area contributed by atoms with E-state index in [1.54, 1.807) is 18.2 Å². The number of phenols is 1. The molecule has 2 aromatic carbocycles. The third kappa shape index (κ3) is 3.30. The highest BCUT2D eigenvalue weighted by molar-refractivity contribution is 7.94. The van der Waals surface area contributed by atoms with Crippen LogP contribution in [-0.2, 0) is 9.84 Å². The minimum Gasteiger partial charge on any atom is -0.506 e. The normalized spacial score (nSPS) is 11.4. The van der Waals surface area contributed by atoms with Crippen LogP contribution in [0.1, 0.15) is 16.7 Å². The molecule has 5 heteroatoms. The molecule has 0 saturated carbocycles. The zero-order chi connectivity index (χ0) is 15.5. The molecule has 0 fully saturated rings. The summed E-state index contributed by atoms with van der Waals surface area (Å²) in [5.41, 5.74) is 1.35. The molecule has 0 heterocycles. The van der Waals surface area contributed by atoms with Gasteiger partial charge in [-0.1, -0.05) is 29.8 Å². The molecule has 0 bridgehead atoms. The lowest BCUT2D eigenvalue weighted by Gasteiger charge is -2.02. The van der Waals surface area contributed by atoms with Crippen LogP contribution >= 0.6 is 0 Å². The number of aromatic hydroxyl groups is 1. The Morgan fingerprint density at radius 3 is 2.43 bits per heavy atom. The third-order valence-corrected chi connectivity index (χ3v) is 4.39. The van der Waals surface area contributed by atoms with E-state index in [4.69, 9.17) is 5.26 Å². The Labute approximate surface area is 123 Å². The van der Waals surface area contributed by atoms with E-state index in [9.17, 15) is 13.5 Å². The minimum atomic E-state index is -3.59. The van der Waals surface area contributed by atoms with Crippen LogP contribution in [0, 0.1) is 18.3 Å². The van der Waals surface area contributed by atoms with Crippen molar-refractivity contribution in [2.24, 2.45) is 0 Å². The molecule has 0 atom stereocenters. The number of aryl methyl sites for hydroxylation is 1. The maximum atomic E-state index is 12.1. The maximum absolute atomic E-state index is 12.1. The first kappa shape index (κ1) is 14.8. The SMILES string of the molecule is Cc1ccc(S(=O)(=O)/C=C/c2cccc(C#N)c2O)cc1. The molecule has 1 N–H and O–H groups in total. The van der Waals surface area contributed by atoms with E-state index in [-0.39, 0.29) is 21.8 Å². The molecule has 2 aromatic rings. The Kier molecular flexibility index (Phi) is 4.10. The highest BCUT2D eigenvalue weighted by Crippen LogP contribution is 2.24. The smallest absolute Gasteiger partial charge is 0.199 e. The van der Waals surface area contributed by atoms with Crippen molar-refractivity contribution in [2.75, 3.05) is 0 Å². The fourth-order valence-corrected chi connectivity index (χ4v) is 2.75. The Balaban J connectivity index is 2.37. The Hall–Kier alpha value is -2.58. The van der Waals surface area contributed by atoms with Gasteiger partial charge in [0.2, 0.25) is 0 Å².